The van der Waals surface area contributed by atoms with E-state index in [1.807, 2.05) is 0 Å². The molecule has 0 atom stereocenters. The molecule has 1 aliphatic carbocycles. The maximum absolute atomic E-state index is 11.3. The molecule has 6 heteroatoms. The second kappa shape index (κ2) is 5.09. The number of carboxylic acid groups (broad SMARTS) is 1. The number of hydrogen-bond acceptors (Lipinski definition) is 4. The molecule has 5 nitrogen and oxygen atoms in total. The number of halogens is 1. The van der Waals surface area contributed by atoms with Crippen molar-refractivity contribution in [1.82, 2.24) is 9.97 Å². The second-order valence-corrected chi connectivity index (χ2v) is 4.98. The number of nitrogens with zero attached hydrogens (tertiary/aromatic N) is 2. The number of ether oxygens (including phenoxy) is 1. The van der Waals surface area contributed by atoms with E-state index in [4.69, 9.17) is 16.3 Å². The van der Waals surface area contributed by atoms with Gasteiger partial charge in [-0.15, -0.1) is 0 Å². The van der Waals surface area contributed by atoms with Crippen molar-refractivity contribution in [3.63, 3.8) is 0 Å². The van der Waals surface area contributed by atoms with Crippen LogP contribution in [0.5, 0.6) is 11.6 Å². The van der Waals surface area contributed by atoms with Crippen LogP contribution in [0.2, 0.25) is 5.02 Å². The number of pyridine rings is 2. The summed E-state index contributed by atoms with van der Waals surface area (Å²) in [7, 11) is 0. The fraction of sp³-hybridized carbons (Fsp3) is 0.214. The monoisotopic (exact) mass is 290 g/mol. The first-order valence-electron chi connectivity index (χ1n) is 6.18. The molecule has 0 radical (unpaired) electrons. The zero-order valence-electron chi connectivity index (χ0n) is 10.5. The Labute approximate surface area is 120 Å². The number of aromatic nitrogens is 2. The van der Waals surface area contributed by atoms with Gasteiger partial charge >= 0.3 is 5.97 Å². The summed E-state index contributed by atoms with van der Waals surface area (Å²) >= 11 is 5.83. The first-order chi connectivity index (χ1) is 9.63. The molecule has 0 unspecified atom stereocenters. The van der Waals surface area contributed by atoms with Crippen molar-refractivity contribution < 1.29 is 14.6 Å². The zero-order valence-corrected chi connectivity index (χ0v) is 11.2. The number of carboxylic acids is 1. The summed E-state index contributed by atoms with van der Waals surface area (Å²) in [5, 5.41) is 9.68. The summed E-state index contributed by atoms with van der Waals surface area (Å²) in [6, 6.07) is 3.21. The quantitative estimate of drug-likeness (QED) is 0.940. The minimum absolute atomic E-state index is 0.0608. The summed E-state index contributed by atoms with van der Waals surface area (Å²) in [5.41, 5.74) is 1.95. The molecule has 0 spiro atoms. The van der Waals surface area contributed by atoms with Crippen molar-refractivity contribution in [2.24, 2.45) is 0 Å². The van der Waals surface area contributed by atoms with Crippen LogP contribution in [-0.4, -0.2) is 21.0 Å². The van der Waals surface area contributed by atoms with Crippen molar-refractivity contribution in [2.75, 3.05) is 0 Å². The van der Waals surface area contributed by atoms with E-state index in [1.165, 1.54) is 12.4 Å². The Bertz CT molecular complexity index is 688. The molecule has 0 amide bonds. The molecule has 102 valence electrons. The number of aryl methyl sites for hydroxylation is 2. The molecule has 2 heterocycles. The molecule has 0 aliphatic heterocycles. The van der Waals surface area contributed by atoms with Gasteiger partial charge in [-0.25, -0.2) is 9.78 Å². The molecule has 1 aliphatic rings. The van der Waals surface area contributed by atoms with E-state index in [-0.39, 0.29) is 11.4 Å². The molecule has 20 heavy (non-hydrogen) atoms. The van der Waals surface area contributed by atoms with E-state index < -0.39 is 5.97 Å². The molecular weight excluding hydrogens is 280 g/mol. The first kappa shape index (κ1) is 12.9. The van der Waals surface area contributed by atoms with Gasteiger partial charge in [0.25, 0.3) is 0 Å². The number of hydrogen-bond donors (Lipinski definition) is 1. The summed E-state index contributed by atoms with van der Waals surface area (Å²) in [5.74, 6) is -0.607. The van der Waals surface area contributed by atoms with Gasteiger partial charge in [0.15, 0.2) is 0 Å². The molecule has 3 rings (SSSR count). The topological polar surface area (TPSA) is 72.3 Å². The third kappa shape index (κ3) is 2.44. The summed E-state index contributed by atoms with van der Waals surface area (Å²) < 4.78 is 5.54. The van der Waals surface area contributed by atoms with E-state index >= 15 is 0 Å². The lowest BCUT2D eigenvalue weighted by atomic mass is 10.1. The molecule has 0 bridgehead atoms. The molecule has 2 aromatic rings. The molecular formula is C14H11ClN2O3. The van der Waals surface area contributed by atoms with Crippen LogP contribution >= 0.6 is 11.6 Å². The highest BCUT2D eigenvalue weighted by Gasteiger charge is 2.21. The van der Waals surface area contributed by atoms with Gasteiger partial charge in [-0.3, -0.25) is 4.98 Å². The van der Waals surface area contributed by atoms with Crippen LogP contribution in [-0.2, 0) is 12.8 Å². The van der Waals surface area contributed by atoms with Gasteiger partial charge in [0.2, 0.25) is 5.88 Å². The molecule has 0 aromatic carbocycles. The Balaban J connectivity index is 2.01. The molecule has 0 saturated carbocycles. The van der Waals surface area contributed by atoms with E-state index in [2.05, 4.69) is 9.97 Å². The standard InChI is InChI=1S/C14H11ClN2O3/c15-9-5-10(7-16-6-9)20-13-11(14(18)19)4-8-2-1-3-12(8)17-13/h4-7H,1-3H2,(H,18,19). The van der Waals surface area contributed by atoms with Gasteiger partial charge in [-0.1, -0.05) is 11.6 Å². The number of carbonyl (C=O) groups is 1. The largest absolute Gasteiger partial charge is 0.477 e. The molecule has 2 aromatic heterocycles. The summed E-state index contributed by atoms with van der Waals surface area (Å²) in [4.78, 5) is 19.5. The van der Waals surface area contributed by atoms with Gasteiger partial charge < -0.3 is 9.84 Å². The van der Waals surface area contributed by atoms with Gasteiger partial charge in [-0.05, 0) is 30.9 Å². The fourth-order valence-electron chi connectivity index (χ4n) is 2.24. The highest BCUT2D eigenvalue weighted by Crippen LogP contribution is 2.30. The second-order valence-electron chi connectivity index (χ2n) is 4.55. The van der Waals surface area contributed by atoms with Crippen molar-refractivity contribution in [3.05, 3.63) is 46.4 Å². The Morgan fingerprint density at radius 1 is 1.30 bits per heavy atom. The zero-order chi connectivity index (χ0) is 14.1. The number of aromatic carboxylic acids is 1. The van der Waals surface area contributed by atoms with E-state index in [9.17, 15) is 9.90 Å². The highest BCUT2D eigenvalue weighted by atomic mass is 35.5. The predicted molar refractivity (Wildman–Crippen MR) is 72.5 cm³/mol. The van der Waals surface area contributed by atoms with Gasteiger partial charge in [0.1, 0.15) is 11.3 Å². The van der Waals surface area contributed by atoms with Crippen LogP contribution < -0.4 is 4.74 Å². The van der Waals surface area contributed by atoms with E-state index in [0.29, 0.717) is 10.8 Å². The molecule has 1 N–H and O–H groups in total. The minimum atomic E-state index is -1.06. The van der Waals surface area contributed by atoms with Crippen molar-refractivity contribution in [1.29, 1.82) is 0 Å². The van der Waals surface area contributed by atoms with Crippen LogP contribution in [0, 0.1) is 0 Å². The Hall–Kier alpha value is -2.14. The SMILES string of the molecule is O=C(O)c1cc2c(nc1Oc1cncc(Cl)c1)CCC2. The maximum Gasteiger partial charge on any atom is 0.341 e. The number of rotatable bonds is 3. The van der Waals surface area contributed by atoms with Crippen molar-refractivity contribution >= 4 is 17.6 Å². The predicted octanol–water partition coefficient (Wildman–Crippen LogP) is 3.11. The first-order valence-corrected chi connectivity index (χ1v) is 6.56. The Kier molecular flexibility index (Phi) is 3.28. The summed E-state index contributed by atoms with van der Waals surface area (Å²) in [6.45, 7) is 0. The molecule has 0 saturated heterocycles. The fourth-order valence-corrected chi connectivity index (χ4v) is 2.41. The highest BCUT2D eigenvalue weighted by molar-refractivity contribution is 6.30. The van der Waals surface area contributed by atoms with Crippen LogP contribution in [0.3, 0.4) is 0 Å². The van der Waals surface area contributed by atoms with Crippen LogP contribution in [0.4, 0.5) is 0 Å². The minimum Gasteiger partial charge on any atom is -0.477 e. The normalized spacial score (nSPS) is 13.1. The summed E-state index contributed by atoms with van der Waals surface area (Å²) in [6.07, 6.45) is 5.64. The third-order valence-electron chi connectivity index (χ3n) is 3.14. The lowest BCUT2D eigenvalue weighted by molar-refractivity contribution is 0.0693. The van der Waals surface area contributed by atoms with Gasteiger partial charge in [0, 0.05) is 18.0 Å². The van der Waals surface area contributed by atoms with E-state index in [0.717, 1.165) is 30.5 Å². The third-order valence-corrected chi connectivity index (χ3v) is 3.35. The van der Waals surface area contributed by atoms with Crippen molar-refractivity contribution in [3.8, 4) is 11.6 Å². The van der Waals surface area contributed by atoms with Gasteiger partial charge in [0.05, 0.1) is 11.2 Å². The lowest BCUT2D eigenvalue weighted by Crippen LogP contribution is -2.05. The maximum atomic E-state index is 11.3. The lowest BCUT2D eigenvalue weighted by Gasteiger charge is -2.10. The number of fused-ring (bicyclic) bond motifs is 1. The van der Waals surface area contributed by atoms with Crippen molar-refractivity contribution in [2.45, 2.75) is 19.3 Å². The average molecular weight is 291 g/mol. The average Bonchev–Trinajstić information content (AvgIpc) is 2.84. The Morgan fingerprint density at radius 2 is 2.15 bits per heavy atom. The smallest absolute Gasteiger partial charge is 0.341 e. The van der Waals surface area contributed by atoms with Gasteiger partial charge in [-0.2, -0.15) is 0 Å². The Morgan fingerprint density at radius 3 is 2.90 bits per heavy atom. The van der Waals surface area contributed by atoms with Crippen LogP contribution in [0.1, 0.15) is 28.0 Å². The van der Waals surface area contributed by atoms with Crippen LogP contribution in [0.25, 0.3) is 0 Å². The van der Waals surface area contributed by atoms with Crippen LogP contribution in [0.15, 0.2) is 24.5 Å². The van der Waals surface area contributed by atoms with E-state index in [1.54, 1.807) is 12.1 Å². The molecule has 0 fully saturated rings.